The van der Waals surface area contributed by atoms with Crippen LogP contribution in [-0.2, 0) is 9.53 Å². The second-order valence-electron chi connectivity index (χ2n) is 8.44. The second kappa shape index (κ2) is 9.16. The third kappa shape index (κ3) is 4.80. The van der Waals surface area contributed by atoms with E-state index in [9.17, 15) is 9.18 Å². The normalized spacial score (nSPS) is 27.0. The Bertz CT molecular complexity index is 642. The molecule has 6 nitrogen and oxygen atoms in total. The van der Waals surface area contributed by atoms with Gasteiger partial charge in [0.2, 0.25) is 11.9 Å². The fraction of sp³-hybridized carbons (Fsp3) is 0.762. The minimum absolute atomic E-state index is 0.145. The number of anilines is 1. The molecule has 0 aromatic carbocycles. The van der Waals surface area contributed by atoms with Crippen molar-refractivity contribution in [3.05, 3.63) is 18.2 Å². The largest absolute Gasteiger partial charge is 0.378 e. The van der Waals surface area contributed by atoms with Gasteiger partial charge in [0.05, 0.1) is 24.9 Å². The highest BCUT2D eigenvalue weighted by Gasteiger charge is 2.31. The molecule has 0 N–H and O–H groups in total. The lowest BCUT2D eigenvalue weighted by atomic mass is 9.80. The molecular formula is C21H31FN4O2. The molecule has 3 aliphatic rings. The highest BCUT2D eigenvalue weighted by atomic mass is 19.1. The van der Waals surface area contributed by atoms with Crippen LogP contribution in [-0.4, -0.2) is 59.7 Å². The van der Waals surface area contributed by atoms with E-state index < -0.39 is 5.82 Å². The van der Waals surface area contributed by atoms with Crippen molar-refractivity contribution in [2.45, 2.75) is 57.5 Å². The van der Waals surface area contributed by atoms with Crippen LogP contribution in [0.2, 0.25) is 0 Å². The number of ether oxygens (including phenoxy) is 1. The number of halogens is 1. The summed E-state index contributed by atoms with van der Waals surface area (Å²) in [5, 5.41) is 0. The molecule has 0 aliphatic carbocycles. The van der Waals surface area contributed by atoms with E-state index in [2.05, 4.69) is 14.9 Å². The van der Waals surface area contributed by atoms with E-state index in [-0.39, 0.29) is 12.0 Å². The number of amides is 1. The van der Waals surface area contributed by atoms with Crippen molar-refractivity contribution in [2.24, 2.45) is 11.8 Å². The van der Waals surface area contributed by atoms with Gasteiger partial charge in [-0.15, -0.1) is 0 Å². The molecule has 2 atom stereocenters. The van der Waals surface area contributed by atoms with Crippen LogP contribution in [0.3, 0.4) is 0 Å². The minimum atomic E-state index is -0.391. The summed E-state index contributed by atoms with van der Waals surface area (Å²) < 4.78 is 18.7. The first kappa shape index (κ1) is 19.6. The van der Waals surface area contributed by atoms with E-state index in [4.69, 9.17) is 4.74 Å². The lowest BCUT2D eigenvalue weighted by Gasteiger charge is -2.36. The molecule has 2 unspecified atom stereocenters. The number of hydrogen-bond acceptors (Lipinski definition) is 5. The van der Waals surface area contributed by atoms with Gasteiger partial charge in [-0.3, -0.25) is 4.79 Å². The van der Waals surface area contributed by atoms with Gasteiger partial charge in [-0.2, -0.15) is 0 Å². The van der Waals surface area contributed by atoms with E-state index in [0.29, 0.717) is 24.2 Å². The van der Waals surface area contributed by atoms with Gasteiger partial charge < -0.3 is 14.5 Å². The lowest BCUT2D eigenvalue weighted by molar-refractivity contribution is -0.135. The van der Waals surface area contributed by atoms with Gasteiger partial charge in [0.15, 0.2) is 5.82 Å². The molecule has 4 rings (SSSR count). The molecule has 0 spiro atoms. The van der Waals surface area contributed by atoms with Crippen LogP contribution in [0.5, 0.6) is 0 Å². The van der Waals surface area contributed by atoms with Gasteiger partial charge in [-0.05, 0) is 56.8 Å². The molecule has 0 radical (unpaired) electrons. The molecule has 28 heavy (non-hydrogen) atoms. The van der Waals surface area contributed by atoms with E-state index in [1.807, 2.05) is 4.90 Å². The highest BCUT2D eigenvalue weighted by molar-refractivity contribution is 5.76. The molecule has 0 bridgehead atoms. The molecule has 0 saturated carbocycles. The van der Waals surface area contributed by atoms with Crippen molar-refractivity contribution in [1.82, 2.24) is 14.9 Å². The van der Waals surface area contributed by atoms with Gasteiger partial charge >= 0.3 is 0 Å². The third-order valence-electron chi connectivity index (χ3n) is 6.65. The van der Waals surface area contributed by atoms with Crippen molar-refractivity contribution in [2.75, 3.05) is 37.7 Å². The fourth-order valence-electron chi connectivity index (χ4n) is 5.01. The predicted octanol–water partition coefficient (Wildman–Crippen LogP) is 3.03. The van der Waals surface area contributed by atoms with Crippen LogP contribution in [0, 0.1) is 17.7 Å². The Kier molecular flexibility index (Phi) is 6.40. The van der Waals surface area contributed by atoms with Gasteiger partial charge in [0.1, 0.15) is 0 Å². The van der Waals surface area contributed by atoms with Crippen LogP contribution in [0.25, 0.3) is 0 Å². The summed E-state index contributed by atoms with van der Waals surface area (Å²) in [5.74, 6) is 1.90. The quantitative estimate of drug-likeness (QED) is 0.791. The van der Waals surface area contributed by atoms with Gasteiger partial charge in [0, 0.05) is 32.8 Å². The Morgan fingerprint density at radius 2 is 1.71 bits per heavy atom. The maximum Gasteiger partial charge on any atom is 0.225 e. The SMILES string of the molecule is O=C(CC1CCCO1)N1CCC(C2CCCN(c3ncc(F)cn3)CC2)CC1. The van der Waals surface area contributed by atoms with E-state index in [0.717, 1.165) is 71.3 Å². The average molecular weight is 391 g/mol. The van der Waals surface area contributed by atoms with Crippen molar-refractivity contribution in [3.8, 4) is 0 Å². The van der Waals surface area contributed by atoms with Gasteiger partial charge in [0.25, 0.3) is 0 Å². The molecule has 1 amide bonds. The molecule has 7 heteroatoms. The Morgan fingerprint density at radius 3 is 2.43 bits per heavy atom. The monoisotopic (exact) mass is 390 g/mol. The number of rotatable bonds is 4. The number of piperidine rings is 1. The van der Waals surface area contributed by atoms with Crippen LogP contribution in [0.1, 0.15) is 51.4 Å². The third-order valence-corrected chi connectivity index (χ3v) is 6.65. The van der Waals surface area contributed by atoms with Crippen LogP contribution in [0.15, 0.2) is 12.4 Å². The number of carbonyl (C=O) groups excluding carboxylic acids is 1. The van der Waals surface area contributed by atoms with Crippen molar-refractivity contribution >= 4 is 11.9 Å². The number of hydrogen-bond donors (Lipinski definition) is 0. The number of carbonyl (C=O) groups is 1. The van der Waals surface area contributed by atoms with Gasteiger partial charge in [-0.25, -0.2) is 14.4 Å². The molecule has 3 aliphatic heterocycles. The zero-order chi connectivity index (χ0) is 19.3. The first-order valence-corrected chi connectivity index (χ1v) is 10.8. The second-order valence-corrected chi connectivity index (χ2v) is 8.44. The van der Waals surface area contributed by atoms with Crippen molar-refractivity contribution < 1.29 is 13.9 Å². The smallest absolute Gasteiger partial charge is 0.225 e. The van der Waals surface area contributed by atoms with Crippen LogP contribution in [0.4, 0.5) is 10.3 Å². The Balaban J connectivity index is 1.24. The van der Waals surface area contributed by atoms with Crippen molar-refractivity contribution in [1.29, 1.82) is 0 Å². The average Bonchev–Trinajstić information content (AvgIpc) is 3.10. The number of likely N-dealkylation sites (tertiary alicyclic amines) is 1. The standard InChI is InChI=1S/C21H31FN4O2/c22-18-14-23-21(24-15-18)26-8-1-3-16(7-11-26)17-5-9-25(10-6-17)20(27)13-19-4-2-12-28-19/h14-17,19H,1-13H2. The van der Waals surface area contributed by atoms with E-state index >= 15 is 0 Å². The summed E-state index contributed by atoms with van der Waals surface area (Å²) >= 11 is 0. The van der Waals surface area contributed by atoms with Crippen LogP contribution >= 0.6 is 0 Å². The Labute approximate surface area is 166 Å². The zero-order valence-electron chi connectivity index (χ0n) is 16.6. The maximum absolute atomic E-state index is 13.1. The van der Waals surface area contributed by atoms with E-state index in [1.54, 1.807) is 0 Å². The number of aromatic nitrogens is 2. The lowest BCUT2D eigenvalue weighted by Crippen LogP contribution is -2.41. The first-order valence-electron chi connectivity index (χ1n) is 10.8. The summed E-state index contributed by atoms with van der Waals surface area (Å²) in [4.78, 5) is 25.0. The summed E-state index contributed by atoms with van der Waals surface area (Å²) in [7, 11) is 0. The Hall–Kier alpha value is -1.76. The molecule has 154 valence electrons. The maximum atomic E-state index is 13.1. The molecule has 3 fully saturated rings. The Morgan fingerprint density at radius 1 is 1.00 bits per heavy atom. The predicted molar refractivity (Wildman–Crippen MR) is 104 cm³/mol. The zero-order valence-corrected chi connectivity index (χ0v) is 16.6. The number of nitrogens with zero attached hydrogens (tertiary/aromatic N) is 4. The summed E-state index contributed by atoms with van der Waals surface area (Å²) in [5.41, 5.74) is 0. The molecule has 3 saturated heterocycles. The van der Waals surface area contributed by atoms with E-state index in [1.165, 1.54) is 18.8 Å². The molecule has 4 heterocycles. The summed E-state index contributed by atoms with van der Waals surface area (Å²) in [6.45, 7) is 4.44. The summed E-state index contributed by atoms with van der Waals surface area (Å²) in [6, 6.07) is 0. The molecule has 1 aromatic rings. The minimum Gasteiger partial charge on any atom is -0.378 e. The molecule has 1 aromatic heterocycles. The first-order chi connectivity index (χ1) is 13.7. The van der Waals surface area contributed by atoms with Crippen LogP contribution < -0.4 is 4.90 Å². The molecular weight excluding hydrogens is 359 g/mol. The van der Waals surface area contributed by atoms with Gasteiger partial charge in [-0.1, -0.05) is 0 Å². The summed E-state index contributed by atoms with van der Waals surface area (Å²) in [6.07, 6.45) is 11.0. The fourth-order valence-corrected chi connectivity index (χ4v) is 5.01. The topological polar surface area (TPSA) is 58.6 Å². The van der Waals surface area contributed by atoms with Crippen molar-refractivity contribution in [3.63, 3.8) is 0 Å². The highest BCUT2D eigenvalue weighted by Crippen LogP contribution is 2.33.